The van der Waals surface area contributed by atoms with Crippen molar-refractivity contribution in [3.63, 3.8) is 0 Å². The Labute approximate surface area is 126 Å². The quantitative estimate of drug-likeness (QED) is 0.766. The zero-order valence-electron chi connectivity index (χ0n) is 10.5. The van der Waals surface area contributed by atoms with E-state index in [1.165, 1.54) is 12.1 Å². The highest BCUT2D eigenvalue weighted by Crippen LogP contribution is 2.21. The van der Waals surface area contributed by atoms with Crippen molar-refractivity contribution in [2.45, 2.75) is 13.1 Å². The molecule has 0 amide bonds. The molecule has 0 atom stereocenters. The maximum absolute atomic E-state index is 13.0. The van der Waals surface area contributed by atoms with Gasteiger partial charge in [-0.1, -0.05) is 51.8 Å². The van der Waals surface area contributed by atoms with Gasteiger partial charge in [0.15, 0.2) is 0 Å². The van der Waals surface area contributed by atoms with Gasteiger partial charge in [0.2, 0.25) is 0 Å². The average molecular weight is 343 g/mol. The lowest BCUT2D eigenvalue weighted by molar-refractivity contribution is 0.318. The highest BCUT2D eigenvalue weighted by molar-refractivity contribution is 9.10. The second-order valence-electron chi connectivity index (χ2n) is 4.50. The van der Waals surface area contributed by atoms with E-state index in [1.807, 2.05) is 31.3 Å². The molecule has 0 fully saturated rings. The number of nitrogens with zero attached hydrogens (tertiary/aromatic N) is 1. The number of hydrogen-bond donors (Lipinski definition) is 0. The molecule has 100 valence electrons. The number of benzene rings is 2. The van der Waals surface area contributed by atoms with Crippen LogP contribution >= 0.6 is 27.5 Å². The van der Waals surface area contributed by atoms with Gasteiger partial charge in [0.05, 0.1) is 0 Å². The Morgan fingerprint density at radius 2 is 1.79 bits per heavy atom. The van der Waals surface area contributed by atoms with Gasteiger partial charge in [0, 0.05) is 22.6 Å². The summed E-state index contributed by atoms with van der Waals surface area (Å²) in [7, 11) is 2.01. The van der Waals surface area contributed by atoms with Crippen molar-refractivity contribution < 1.29 is 4.39 Å². The van der Waals surface area contributed by atoms with Crippen LogP contribution in [-0.2, 0) is 13.1 Å². The van der Waals surface area contributed by atoms with E-state index in [4.69, 9.17) is 11.6 Å². The molecule has 19 heavy (non-hydrogen) atoms. The first kappa shape index (κ1) is 14.5. The van der Waals surface area contributed by atoms with Gasteiger partial charge in [-0.2, -0.15) is 0 Å². The Bertz CT molecular complexity index is 574. The fourth-order valence-corrected chi connectivity index (χ4v) is 2.59. The molecule has 4 heteroatoms. The lowest BCUT2D eigenvalue weighted by atomic mass is 10.2. The molecule has 2 aromatic rings. The summed E-state index contributed by atoms with van der Waals surface area (Å²) in [5.41, 5.74) is 2.14. The first-order chi connectivity index (χ1) is 9.06. The first-order valence-electron chi connectivity index (χ1n) is 5.92. The molecule has 2 aromatic carbocycles. The molecular formula is C15H14BrClFN. The van der Waals surface area contributed by atoms with Gasteiger partial charge in [-0.25, -0.2) is 4.39 Å². The van der Waals surface area contributed by atoms with E-state index in [0.717, 1.165) is 33.7 Å². The molecule has 0 N–H and O–H groups in total. The third-order valence-corrected chi connectivity index (χ3v) is 3.96. The predicted molar refractivity (Wildman–Crippen MR) is 80.7 cm³/mol. The van der Waals surface area contributed by atoms with Crippen molar-refractivity contribution in [1.82, 2.24) is 4.90 Å². The van der Waals surface area contributed by atoms with E-state index in [0.29, 0.717) is 0 Å². The zero-order chi connectivity index (χ0) is 13.8. The Balaban J connectivity index is 2.05. The van der Waals surface area contributed by atoms with Gasteiger partial charge in [0.25, 0.3) is 0 Å². The fourth-order valence-electron chi connectivity index (χ4n) is 1.91. The number of hydrogen-bond acceptors (Lipinski definition) is 1. The lowest BCUT2D eigenvalue weighted by Crippen LogP contribution is -2.17. The van der Waals surface area contributed by atoms with Gasteiger partial charge in [-0.05, 0) is 36.4 Å². The highest BCUT2D eigenvalue weighted by atomic mass is 79.9. The average Bonchev–Trinajstić information content (AvgIpc) is 2.36. The Morgan fingerprint density at radius 3 is 2.47 bits per heavy atom. The lowest BCUT2D eigenvalue weighted by Gasteiger charge is -2.18. The predicted octanol–water partition coefficient (Wildman–Crippen LogP) is 4.87. The van der Waals surface area contributed by atoms with Gasteiger partial charge in [-0.15, -0.1) is 0 Å². The topological polar surface area (TPSA) is 3.24 Å². The molecule has 0 saturated carbocycles. The summed E-state index contributed by atoms with van der Waals surface area (Å²) in [5.74, 6) is -0.232. The molecule has 0 spiro atoms. The van der Waals surface area contributed by atoms with Crippen LogP contribution in [0.15, 0.2) is 46.9 Å². The molecule has 0 bridgehead atoms. The minimum Gasteiger partial charge on any atom is -0.298 e. The van der Waals surface area contributed by atoms with Gasteiger partial charge in [-0.3, -0.25) is 4.90 Å². The molecule has 0 saturated heterocycles. The van der Waals surface area contributed by atoms with Gasteiger partial charge in [0.1, 0.15) is 5.82 Å². The van der Waals surface area contributed by atoms with E-state index in [2.05, 4.69) is 20.8 Å². The Hall–Kier alpha value is -0.900. The molecule has 0 aliphatic rings. The third kappa shape index (κ3) is 4.03. The van der Waals surface area contributed by atoms with Crippen LogP contribution in [0.1, 0.15) is 11.1 Å². The first-order valence-corrected chi connectivity index (χ1v) is 7.09. The minimum absolute atomic E-state index is 0.232. The standard InChI is InChI=1S/C15H14BrClFN/c1-19(10-12-4-2-3-5-15(12)17)9-11-6-7-13(18)8-14(11)16/h2-8H,9-10H2,1H3. The highest BCUT2D eigenvalue weighted by Gasteiger charge is 2.07. The van der Waals surface area contributed by atoms with Crippen LogP contribution in [0.4, 0.5) is 4.39 Å². The van der Waals surface area contributed by atoms with Crippen molar-refractivity contribution >= 4 is 27.5 Å². The zero-order valence-corrected chi connectivity index (χ0v) is 12.9. The van der Waals surface area contributed by atoms with Crippen molar-refractivity contribution in [2.24, 2.45) is 0 Å². The van der Waals surface area contributed by atoms with E-state index in [1.54, 1.807) is 6.07 Å². The Kier molecular flexibility index (Phi) is 4.97. The van der Waals surface area contributed by atoms with Crippen LogP contribution in [0.3, 0.4) is 0 Å². The van der Waals surface area contributed by atoms with Crippen LogP contribution in [0.5, 0.6) is 0 Å². The van der Waals surface area contributed by atoms with Crippen molar-refractivity contribution in [2.75, 3.05) is 7.05 Å². The number of rotatable bonds is 4. The second-order valence-corrected chi connectivity index (χ2v) is 5.76. The van der Waals surface area contributed by atoms with Crippen LogP contribution in [-0.4, -0.2) is 11.9 Å². The van der Waals surface area contributed by atoms with E-state index >= 15 is 0 Å². The molecular weight excluding hydrogens is 329 g/mol. The molecule has 0 unspecified atom stereocenters. The molecule has 1 nitrogen and oxygen atoms in total. The van der Waals surface area contributed by atoms with Crippen LogP contribution in [0, 0.1) is 5.82 Å². The summed E-state index contributed by atoms with van der Waals surface area (Å²) >= 11 is 9.52. The van der Waals surface area contributed by atoms with Crippen LogP contribution < -0.4 is 0 Å². The van der Waals surface area contributed by atoms with E-state index < -0.39 is 0 Å². The smallest absolute Gasteiger partial charge is 0.124 e. The minimum atomic E-state index is -0.232. The molecule has 0 aliphatic carbocycles. The molecule has 0 aliphatic heterocycles. The second kappa shape index (κ2) is 6.51. The number of halogens is 3. The summed E-state index contributed by atoms with van der Waals surface area (Å²) in [6.45, 7) is 1.48. The maximum Gasteiger partial charge on any atom is 0.124 e. The fraction of sp³-hybridized carbons (Fsp3) is 0.200. The van der Waals surface area contributed by atoms with E-state index in [9.17, 15) is 4.39 Å². The van der Waals surface area contributed by atoms with Crippen LogP contribution in [0.25, 0.3) is 0 Å². The normalized spacial score (nSPS) is 11.0. The van der Waals surface area contributed by atoms with Crippen molar-refractivity contribution in [1.29, 1.82) is 0 Å². The summed E-state index contributed by atoms with van der Waals surface area (Å²) in [6, 6.07) is 12.5. The summed E-state index contributed by atoms with van der Waals surface area (Å²) in [4.78, 5) is 2.14. The monoisotopic (exact) mass is 341 g/mol. The van der Waals surface area contributed by atoms with Gasteiger partial charge < -0.3 is 0 Å². The Morgan fingerprint density at radius 1 is 1.11 bits per heavy atom. The summed E-state index contributed by atoms with van der Waals surface area (Å²) < 4.78 is 13.8. The molecule has 0 aromatic heterocycles. The molecule has 0 heterocycles. The van der Waals surface area contributed by atoms with Crippen LogP contribution in [0.2, 0.25) is 5.02 Å². The molecule has 0 radical (unpaired) electrons. The van der Waals surface area contributed by atoms with E-state index in [-0.39, 0.29) is 5.82 Å². The SMILES string of the molecule is CN(Cc1ccccc1Cl)Cc1ccc(F)cc1Br. The van der Waals surface area contributed by atoms with Gasteiger partial charge >= 0.3 is 0 Å². The molecule has 2 rings (SSSR count). The van der Waals surface area contributed by atoms with Crippen molar-refractivity contribution in [3.8, 4) is 0 Å². The summed E-state index contributed by atoms with van der Waals surface area (Å²) in [5, 5.41) is 0.771. The third-order valence-electron chi connectivity index (χ3n) is 2.85. The van der Waals surface area contributed by atoms with Crippen molar-refractivity contribution in [3.05, 3.63) is 68.9 Å². The maximum atomic E-state index is 13.0. The largest absolute Gasteiger partial charge is 0.298 e. The summed E-state index contributed by atoms with van der Waals surface area (Å²) in [6.07, 6.45) is 0.